The summed E-state index contributed by atoms with van der Waals surface area (Å²) in [7, 11) is 0. The minimum Gasteiger partial charge on any atom is -0.368 e. The zero-order chi connectivity index (χ0) is 11.5. The van der Waals surface area contributed by atoms with Crippen LogP contribution in [0.2, 0.25) is 0 Å². The predicted octanol–water partition coefficient (Wildman–Crippen LogP) is 1.75. The Balaban J connectivity index is 2.66. The van der Waals surface area contributed by atoms with E-state index in [0.717, 1.165) is 11.5 Å². The molecule has 0 aliphatic heterocycles. The first-order valence-electron chi connectivity index (χ1n) is 5.23. The second-order valence-electron chi connectivity index (χ2n) is 4.82. The van der Waals surface area contributed by atoms with Gasteiger partial charge in [0.15, 0.2) is 0 Å². The number of anilines is 1. The molecule has 1 aromatic rings. The van der Waals surface area contributed by atoms with Crippen molar-refractivity contribution >= 4 is 5.82 Å². The number of nitrogens with one attached hydrogen (secondary N) is 1. The van der Waals surface area contributed by atoms with Crippen molar-refractivity contribution in [2.45, 2.75) is 39.2 Å². The molecule has 0 fully saturated rings. The summed E-state index contributed by atoms with van der Waals surface area (Å²) in [5.41, 5.74) is 6.69. The van der Waals surface area contributed by atoms with Crippen molar-refractivity contribution in [3.63, 3.8) is 0 Å². The van der Waals surface area contributed by atoms with Gasteiger partial charge in [0.25, 0.3) is 0 Å². The van der Waals surface area contributed by atoms with E-state index in [2.05, 4.69) is 29.1 Å². The number of hydrogen-bond donors (Lipinski definition) is 2. The summed E-state index contributed by atoms with van der Waals surface area (Å²) in [6.07, 6.45) is 1.58. The first-order valence-corrected chi connectivity index (χ1v) is 5.23. The summed E-state index contributed by atoms with van der Waals surface area (Å²) >= 11 is 0. The smallest absolute Gasteiger partial charge is 0.129 e. The van der Waals surface area contributed by atoms with E-state index >= 15 is 0 Å². The molecule has 3 N–H and O–H groups in total. The van der Waals surface area contributed by atoms with Gasteiger partial charge in [-0.2, -0.15) is 0 Å². The maximum atomic E-state index is 5.88. The van der Waals surface area contributed by atoms with Gasteiger partial charge in [-0.05, 0) is 19.8 Å². The van der Waals surface area contributed by atoms with Gasteiger partial charge in [0.2, 0.25) is 0 Å². The van der Waals surface area contributed by atoms with Gasteiger partial charge < -0.3 is 11.1 Å². The Morgan fingerprint density at radius 1 is 1.40 bits per heavy atom. The predicted molar refractivity (Wildman–Crippen MR) is 62.9 cm³/mol. The van der Waals surface area contributed by atoms with Gasteiger partial charge in [0.1, 0.15) is 12.1 Å². The van der Waals surface area contributed by atoms with Crippen LogP contribution in [0.3, 0.4) is 0 Å². The molecule has 0 aliphatic rings. The Bertz CT molecular complexity index is 315. The van der Waals surface area contributed by atoms with Crippen molar-refractivity contribution in [2.24, 2.45) is 5.73 Å². The van der Waals surface area contributed by atoms with E-state index in [4.69, 9.17) is 5.73 Å². The molecule has 1 rings (SSSR count). The van der Waals surface area contributed by atoms with Gasteiger partial charge in [0.05, 0.1) is 0 Å². The van der Waals surface area contributed by atoms with Crippen LogP contribution in [-0.2, 0) is 0 Å². The number of nitrogens with two attached hydrogens (primary N) is 1. The molecule has 84 valence electrons. The molecule has 0 unspecified atom stereocenters. The van der Waals surface area contributed by atoms with Crippen molar-refractivity contribution in [1.82, 2.24) is 9.97 Å². The van der Waals surface area contributed by atoms with Crippen molar-refractivity contribution in [2.75, 3.05) is 11.9 Å². The monoisotopic (exact) mass is 208 g/mol. The first kappa shape index (κ1) is 11.9. The van der Waals surface area contributed by atoms with Gasteiger partial charge >= 0.3 is 0 Å². The third-order valence-corrected chi connectivity index (χ3v) is 2.00. The molecule has 4 heteroatoms. The van der Waals surface area contributed by atoms with E-state index in [-0.39, 0.29) is 5.54 Å². The van der Waals surface area contributed by atoms with Crippen LogP contribution in [-0.4, -0.2) is 22.1 Å². The molecule has 0 spiro atoms. The Labute approximate surface area is 91.3 Å². The molecular formula is C11H20N4. The Morgan fingerprint density at radius 2 is 2.07 bits per heavy atom. The zero-order valence-corrected chi connectivity index (χ0v) is 9.91. The first-order chi connectivity index (χ1) is 6.88. The van der Waals surface area contributed by atoms with E-state index in [9.17, 15) is 0 Å². The summed E-state index contributed by atoms with van der Waals surface area (Å²) < 4.78 is 0. The van der Waals surface area contributed by atoms with Gasteiger partial charge in [-0.1, -0.05) is 13.8 Å². The second kappa shape index (κ2) is 4.57. The standard InChI is InChI=1S/C11H20N4/c1-8(2)9-5-10(15-7-14-9)13-6-11(3,4)12/h5,7-8H,6,12H2,1-4H3,(H,13,14,15). The fourth-order valence-corrected chi connectivity index (χ4v) is 1.10. The summed E-state index contributed by atoms with van der Waals surface area (Å²) in [6, 6.07) is 1.97. The lowest BCUT2D eigenvalue weighted by Gasteiger charge is -2.19. The lowest BCUT2D eigenvalue weighted by atomic mass is 10.1. The molecule has 0 amide bonds. The van der Waals surface area contributed by atoms with Gasteiger partial charge in [-0.25, -0.2) is 9.97 Å². The highest BCUT2D eigenvalue weighted by atomic mass is 15.0. The summed E-state index contributed by atoms with van der Waals surface area (Å²) in [4.78, 5) is 8.35. The molecule has 0 radical (unpaired) electrons. The molecular weight excluding hydrogens is 188 g/mol. The third-order valence-electron chi connectivity index (χ3n) is 2.00. The number of hydrogen-bond acceptors (Lipinski definition) is 4. The summed E-state index contributed by atoms with van der Waals surface area (Å²) in [5, 5.41) is 3.20. The van der Waals surface area contributed by atoms with Crippen LogP contribution in [0.4, 0.5) is 5.82 Å². The van der Waals surface area contributed by atoms with Gasteiger partial charge in [0, 0.05) is 23.8 Å². The number of nitrogens with zero attached hydrogens (tertiary/aromatic N) is 2. The van der Waals surface area contributed by atoms with Crippen LogP contribution in [0.25, 0.3) is 0 Å². The van der Waals surface area contributed by atoms with E-state index in [1.54, 1.807) is 6.33 Å². The average Bonchev–Trinajstić information content (AvgIpc) is 2.14. The quantitative estimate of drug-likeness (QED) is 0.791. The summed E-state index contributed by atoms with van der Waals surface area (Å²) in [6.45, 7) is 8.87. The molecule has 0 aliphatic carbocycles. The second-order valence-corrected chi connectivity index (χ2v) is 4.82. The van der Waals surface area contributed by atoms with Crippen molar-refractivity contribution in [3.8, 4) is 0 Å². The molecule has 1 heterocycles. The molecule has 0 saturated heterocycles. The molecule has 15 heavy (non-hydrogen) atoms. The molecule has 0 saturated carbocycles. The van der Waals surface area contributed by atoms with E-state index in [1.165, 1.54) is 0 Å². The normalized spacial score (nSPS) is 11.9. The van der Waals surface area contributed by atoms with E-state index in [1.807, 2.05) is 19.9 Å². The fourth-order valence-electron chi connectivity index (χ4n) is 1.10. The minimum atomic E-state index is -0.233. The number of aromatic nitrogens is 2. The van der Waals surface area contributed by atoms with Crippen LogP contribution in [0.15, 0.2) is 12.4 Å². The van der Waals surface area contributed by atoms with Crippen LogP contribution in [0.5, 0.6) is 0 Å². The highest BCUT2D eigenvalue weighted by molar-refractivity contribution is 5.36. The molecule has 4 nitrogen and oxygen atoms in total. The maximum absolute atomic E-state index is 5.88. The SMILES string of the molecule is CC(C)c1cc(NCC(C)(C)N)ncn1. The molecule has 0 aromatic carbocycles. The largest absolute Gasteiger partial charge is 0.368 e. The summed E-state index contributed by atoms with van der Waals surface area (Å²) in [5.74, 6) is 1.26. The Morgan fingerprint density at radius 3 is 2.60 bits per heavy atom. The highest BCUT2D eigenvalue weighted by Crippen LogP contribution is 2.13. The average molecular weight is 208 g/mol. The number of rotatable bonds is 4. The zero-order valence-electron chi connectivity index (χ0n) is 9.91. The maximum Gasteiger partial charge on any atom is 0.129 e. The van der Waals surface area contributed by atoms with Crippen LogP contribution in [0, 0.1) is 0 Å². The van der Waals surface area contributed by atoms with Crippen molar-refractivity contribution < 1.29 is 0 Å². The topological polar surface area (TPSA) is 63.8 Å². The van der Waals surface area contributed by atoms with Crippen LogP contribution >= 0.6 is 0 Å². The van der Waals surface area contributed by atoms with Crippen LogP contribution in [0.1, 0.15) is 39.3 Å². The lowest BCUT2D eigenvalue weighted by molar-refractivity contribution is 0.548. The fraction of sp³-hybridized carbons (Fsp3) is 0.636. The highest BCUT2D eigenvalue weighted by Gasteiger charge is 2.10. The van der Waals surface area contributed by atoms with Gasteiger partial charge in [-0.3, -0.25) is 0 Å². The third kappa shape index (κ3) is 4.25. The molecule has 1 aromatic heterocycles. The Kier molecular flexibility index (Phi) is 3.63. The molecule has 0 atom stereocenters. The van der Waals surface area contributed by atoms with Crippen LogP contribution < -0.4 is 11.1 Å². The molecule has 0 bridgehead atoms. The van der Waals surface area contributed by atoms with Crippen molar-refractivity contribution in [1.29, 1.82) is 0 Å². The minimum absolute atomic E-state index is 0.233. The lowest BCUT2D eigenvalue weighted by Crippen LogP contribution is -2.39. The van der Waals surface area contributed by atoms with Crippen molar-refractivity contribution in [3.05, 3.63) is 18.1 Å². The Hall–Kier alpha value is -1.16. The van der Waals surface area contributed by atoms with Gasteiger partial charge in [-0.15, -0.1) is 0 Å². The van der Waals surface area contributed by atoms with E-state index in [0.29, 0.717) is 12.5 Å². The van der Waals surface area contributed by atoms with E-state index < -0.39 is 0 Å².